The molecule has 1 atom stereocenters. The number of methoxy groups -OCH3 is 1. The van der Waals surface area contributed by atoms with Crippen LogP contribution in [0, 0.1) is 0 Å². The lowest BCUT2D eigenvalue weighted by Gasteiger charge is -2.33. The van der Waals surface area contributed by atoms with Crippen LogP contribution in [-0.2, 0) is 4.74 Å². The maximum Gasteiger partial charge on any atom is 0.296 e. The number of halogens is 2. The number of para-hydroxylation sites is 1. The van der Waals surface area contributed by atoms with Gasteiger partial charge in [0.15, 0.2) is 11.6 Å². The minimum absolute atomic E-state index is 0.00487. The van der Waals surface area contributed by atoms with Gasteiger partial charge < -0.3 is 29.9 Å². The highest BCUT2D eigenvalue weighted by atomic mass is 19.3. The van der Waals surface area contributed by atoms with Crippen LogP contribution < -0.4 is 20.3 Å². The van der Waals surface area contributed by atoms with E-state index in [1.165, 1.54) is 11.7 Å². The normalized spacial score (nSPS) is 18.4. The lowest BCUT2D eigenvalue weighted by atomic mass is 10.3. The number of piperazine rings is 1. The summed E-state index contributed by atoms with van der Waals surface area (Å²) in [5, 5.41) is 6.42. The van der Waals surface area contributed by atoms with Crippen molar-refractivity contribution in [3.8, 4) is 11.7 Å². The van der Waals surface area contributed by atoms with Gasteiger partial charge in [-0.3, -0.25) is 4.57 Å². The molecular weight excluding hydrogens is 522 g/mol. The number of pyridine rings is 1. The molecule has 4 aromatic rings. The molecule has 40 heavy (non-hydrogen) atoms. The predicted molar refractivity (Wildman–Crippen MR) is 145 cm³/mol. The second-order valence-corrected chi connectivity index (χ2v) is 9.64. The summed E-state index contributed by atoms with van der Waals surface area (Å²) >= 11 is 0. The van der Waals surface area contributed by atoms with Crippen molar-refractivity contribution in [3.05, 3.63) is 48.2 Å². The molecule has 2 saturated heterocycles. The number of nitrogens with one attached hydrogen (secondary N) is 2. The summed E-state index contributed by atoms with van der Waals surface area (Å²) in [6.07, 6.45) is -1.65. The fourth-order valence-electron chi connectivity index (χ4n) is 4.84. The Hall–Kier alpha value is -4.01. The van der Waals surface area contributed by atoms with Gasteiger partial charge in [-0.25, -0.2) is 18.7 Å². The quantitative estimate of drug-likeness (QED) is 0.352. The molecule has 2 aliphatic rings. The van der Waals surface area contributed by atoms with Crippen molar-refractivity contribution in [2.45, 2.75) is 12.5 Å². The number of benzene rings is 1. The fraction of sp³-hybridized carbons (Fsp3) is 0.423. The molecule has 0 amide bonds. The van der Waals surface area contributed by atoms with Gasteiger partial charge in [0, 0.05) is 39.3 Å². The Morgan fingerprint density at radius 3 is 2.62 bits per heavy atom. The average molecular weight is 553 g/mol. The molecule has 0 spiro atoms. The zero-order chi connectivity index (χ0) is 27.6. The Morgan fingerprint density at radius 2 is 1.93 bits per heavy atom. The van der Waals surface area contributed by atoms with Crippen LogP contribution in [0.15, 0.2) is 36.5 Å². The number of morpholine rings is 1. The van der Waals surface area contributed by atoms with Crippen molar-refractivity contribution in [1.29, 1.82) is 0 Å². The number of rotatable bonds is 7. The molecule has 1 unspecified atom stereocenters. The summed E-state index contributed by atoms with van der Waals surface area (Å²) < 4.78 is 41.0. The third-order valence-electron chi connectivity index (χ3n) is 6.98. The van der Waals surface area contributed by atoms with Crippen LogP contribution in [0.5, 0.6) is 5.75 Å². The Labute approximate surface area is 229 Å². The Kier molecular flexibility index (Phi) is 7.36. The third-order valence-corrected chi connectivity index (χ3v) is 6.98. The summed E-state index contributed by atoms with van der Waals surface area (Å²) in [4.78, 5) is 27.0. The molecule has 6 rings (SSSR count). The number of ether oxygens (including phenoxy) is 2. The van der Waals surface area contributed by atoms with E-state index < -0.39 is 18.4 Å². The number of aromatic nitrogens is 6. The fourth-order valence-corrected chi connectivity index (χ4v) is 4.84. The van der Waals surface area contributed by atoms with Gasteiger partial charge in [-0.05, 0) is 31.3 Å². The average Bonchev–Trinajstić information content (AvgIpc) is 3.39. The predicted octanol–water partition coefficient (Wildman–Crippen LogP) is 2.71. The first-order chi connectivity index (χ1) is 19.5. The summed E-state index contributed by atoms with van der Waals surface area (Å²) in [5.74, 6) is 1.24. The Bertz CT molecular complexity index is 1470. The van der Waals surface area contributed by atoms with Gasteiger partial charge in [0.05, 0.1) is 31.1 Å². The molecule has 2 N–H and O–H groups in total. The van der Waals surface area contributed by atoms with Crippen LogP contribution in [0.2, 0.25) is 0 Å². The molecule has 0 aliphatic carbocycles. The summed E-state index contributed by atoms with van der Waals surface area (Å²) in [7, 11) is 3.58. The number of imidazole rings is 1. The highest BCUT2D eigenvalue weighted by Crippen LogP contribution is 2.32. The first-order valence-corrected chi connectivity index (χ1v) is 13.1. The zero-order valence-corrected chi connectivity index (χ0v) is 22.2. The molecule has 3 aromatic heterocycles. The molecule has 14 heteroatoms. The standard InChI is InChI=1S/C26H30F2N10O2/c1-36-9-11-37(12-10-36)20-7-6-16(14-30-20)31-25-33-23(19-15-29-8-13-40-19)34-26(35-25)38-17-4-3-5-18(39-2)21(17)32-24(38)22(27)28/h3-7,14,19,22,29H,8-13,15H2,1-2H3,(H,31,33,34,35). The number of likely N-dealkylation sites (N-methyl/N-ethyl adjacent to an activating group) is 1. The lowest BCUT2D eigenvalue weighted by molar-refractivity contribution is 0.0220. The molecule has 12 nitrogen and oxygen atoms in total. The van der Waals surface area contributed by atoms with E-state index in [1.807, 2.05) is 12.1 Å². The SMILES string of the molecule is COc1cccc2c1nc(C(F)F)n2-c1nc(Nc2ccc(N3CCN(C)CC3)nc2)nc(C2CNCCO2)n1. The maximum atomic E-state index is 14.2. The van der Waals surface area contributed by atoms with Crippen LogP contribution in [0.4, 0.5) is 26.2 Å². The van der Waals surface area contributed by atoms with Crippen LogP contribution in [0.1, 0.15) is 24.2 Å². The molecule has 0 bridgehead atoms. The number of anilines is 3. The second-order valence-electron chi connectivity index (χ2n) is 9.64. The van der Waals surface area contributed by atoms with Gasteiger partial charge in [-0.2, -0.15) is 15.0 Å². The highest BCUT2D eigenvalue weighted by Gasteiger charge is 2.27. The van der Waals surface area contributed by atoms with E-state index in [2.05, 4.69) is 52.4 Å². The second kappa shape index (κ2) is 11.2. The monoisotopic (exact) mass is 552 g/mol. The van der Waals surface area contributed by atoms with Crippen molar-refractivity contribution < 1.29 is 18.3 Å². The smallest absolute Gasteiger partial charge is 0.296 e. The van der Waals surface area contributed by atoms with E-state index >= 15 is 0 Å². The molecule has 0 saturated carbocycles. The minimum atomic E-state index is -2.88. The van der Waals surface area contributed by atoms with Crippen molar-refractivity contribution in [1.82, 2.24) is 39.7 Å². The summed E-state index contributed by atoms with van der Waals surface area (Å²) in [5.41, 5.74) is 1.32. The number of fused-ring (bicyclic) bond motifs is 1. The van der Waals surface area contributed by atoms with Gasteiger partial charge in [0.1, 0.15) is 23.2 Å². The van der Waals surface area contributed by atoms with Crippen molar-refractivity contribution in [3.63, 3.8) is 0 Å². The van der Waals surface area contributed by atoms with Crippen molar-refractivity contribution >= 4 is 28.5 Å². The lowest BCUT2D eigenvalue weighted by Crippen LogP contribution is -2.44. The summed E-state index contributed by atoms with van der Waals surface area (Å²) in [6.45, 7) is 5.41. The Balaban J connectivity index is 1.38. The molecule has 2 aliphatic heterocycles. The molecule has 2 fully saturated rings. The van der Waals surface area contributed by atoms with E-state index in [1.54, 1.807) is 24.4 Å². The van der Waals surface area contributed by atoms with E-state index in [9.17, 15) is 8.78 Å². The molecule has 5 heterocycles. The topological polar surface area (TPSA) is 118 Å². The van der Waals surface area contributed by atoms with Crippen LogP contribution in [0.25, 0.3) is 17.0 Å². The highest BCUT2D eigenvalue weighted by molar-refractivity contribution is 5.84. The number of hydrogen-bond donors (Lipinski definition) is 2. The molecule has 0 radical (unpaired) electrons. The van der Waals surface area contributed by atoms with E-state index in [0.717, 1.165) is 32.0 Å². The van der Waals surface area contributed by atoms with Crippen molar-refractivity contribution in [2.24, 2.45) is 0 Å². The Morgan fingerprint density at radius 1 is 1.07 bits per heavy atom. The van der Waals surface area contributed by atoms with Gasteiger partial charge >= 0.3 is 0 Å². The van der Waals surface area contributed by atoms with E-state index in [4.69, 9.17) is 9.47 Å². The van der Waals surface area contributed by atoms with Crippen LogP contribution in [-0.4, -0.2) is 94.4 Å². The summed E-state index contributed by atoms with van der Waals surface area (Å²) in [6, 6.07) is 8.88. The minimum Gasteiger partial charge on any atom is -0.494 e. The van der Waals surface area contributed by atoms with Gasteiger partial charge in [-0.1, -0.05) is 6.07 Å². The first kappa shape index (κ1) is 26.2. The van der Waals surface area contributed by atoms with Gasteiger partial charge in [0.2, 0.25) is 11.9 Å². The first-order valence-electron chi connectivity index (χ1n) is 13.1. The van der Waals surface area contributed by atoms with E-state index in [0.29, 0.717) is 42.5 Å². The van der Waals surface area contributed by atoms with E-state index in [-0.39, 0.29) is 17.4 Å². The molecule has 210 valence electrons. The number of alkyl halides is 2. The van der Waals surface area contributed by atoms with Crippen LogP contribution in [0.3, 0.4) is 0 Å². The van der Waals surface area contributed by atoms with Crippen LogP contribution >= 0.6 is 0 Å². The van der Waals surface area contributed by atoms with Crippen molar-refractivity contribution in [2.75, 3.05) is 70.2 Å². The zero-order valence-electron chi connectivity index (χ0n) is 22.2. The largest absolute Gasteiger partial charge is 0.494 e. The molecular formula is C26H30F2N10O2. The van der Waals surface area contributed by atoms with Gasteiger partial charge in [0.25, 0.3) is 6.43 Å². The third kappa shape index (κ3) is 5.24. The molecule has 1 aromatic carbocycles. The van der Waals surface area contributed by atoms with Gasteiger partial charge in [-0.15, -0.1) is 0 Å². The maximum absolute atomic E-state index is 14.2. The number of nitrogens with zero attached hydrogens (tertiary/aromatic N) is 8. The number of hydrogen-bond acceptors (Lipinski definition) is 11.